The van der Waals surface area contributed by atoms with E-state index < -0.39 is 28.3 Å². The van der Waals surface area contributed by atoms with Crippen molar-refractivity contribution in [2.75, 3.05) is 40.4 Å². The second kappa shape index (κ2) is 14.6. The quantitative estimate of drug-likeness (QED) is 0.120. The fourth-order valence-electron chi connectivity index (χ4n) is 9.05. The normalized spacial score (nSPS) is 28.3. The molecule has 5 unspecified atom stereocenters. The molecule has 54 heavy (non-hydrogen) atoms. The number of carbonyl (C=O) groups excluding carboxylic acids is 3. The van der Waals surface area contributed by atoms with Gasteiger partial charge in [0.15, 0.2) is 22.8 Å². The Hall–Kier alpha value is -3.99. The molecule has 292 valence electrons. The Morgan fingerprint density at radius 3 is 2.44 bits per heavy atom. The molecule has 10 heteroatoms. The highest BCUT2D eigenvalue weighted by Gasteiger charge is 2.81. The van der Waals surface area contributed by atoms with E-state index in [9.17, 15) is 19.5 Å². The molecule has 1 spiro atoms. The fourth-order valence-corrected chi connectivity index (χ4v) is 9.05. The Balaban J connectivity index is 1.45. The molecule has 1 amide bonds. The van der Waals surface area contributed by atoms with Gasteiger partial charge in [-0.05, 0) is 100 Å². The Morgan fingerprint density at radius 1 is 1.04 bits per heavy atom. The van der Waals surface area contributed by atoms with Crippen LogP contribution in [0.25, 0.3) is 6.08 Å². The van der Waals surface area contributed by atoms with Crippen LogP contribution in [0.5, 0.6) is 17.2 Å². The van der Waals surface area contributed by atoms with Gasteiger partial charge < -0.3 is 34.3 Å². The number of ketones is 2. The van der Waals surface area contributed by atoms with E-state index in [1.807, 2.05) is 53.8 Å². The second-order valence-corrected chi connectivity index (χ2v) is 16.9. The molecule has 3 aliphatic carbocycles. The maximum absolute atomic E-state index is 15.0. The van der Waals surface area contributed by atoms with Crippen molar-refractivity contribution < 1.29 is 38.4 Å². The van der Waals surface area contributed by atoms with Crippen LogP contribution in [-0.4, -0.2) is 90.3 Å². The molecule has 10 nitrogen and oxygen atoms in total. The first-order valence-corrected chi connectivity index (χ1v) is 19.3. The molecule has 1 saturated carbocycles. The number of amides is 1. The van der Waals surface area contributed by atoms with Crippen LogP contribution < -0.4 is 14.8 Å². The summed E-state index contributed by atoms with van der Waals surface area (Å²) < 4.78 is 26.7. The zero-order valence-corrected chi connectivity index (χ0v) is 33.7. The van der Waals surface area contributed by atoms with E-state index >= 15 is 0 Å². The average molecular weight is 743 g/mol. The van der Waals surface area contributed by atoms with Gasteiger partial charge in [0.2, 0.25) is 5.91 Å². The van der Waals surface area contributed by atoms with Gasteiger partial charge in [-0.25, -0.2) is 0 Å². The summed E-state index contributed by atoms with van der Waals surface area (Å²) in [5.74, 6) is -1.16. The number of hydrogen-bond acceptors (Lipinski definition) is 9. The third kappa shape index (κ3) is 6.47. The smallest absolute Gasteiger partial charge is 0.248 e. The van der Waals surface area contributed by atoms with Gasteiger partial charge in [0.1, 0.15) is 28.4 Å². The molecule has 2 fully saturated rings. The lowest BCUT2D eigenvalue weighted by atomic mass is 9.51. The summed E-state index contributed by atoms with van der Waals surface area (Å²) >= 11 is 0. The molecular formula is C44H58N2O8. The standard InChI is InChI=1S/C44H58N2O8/c1-26(2)12-11-17-42(8)18-16-30-35(47)34-36(48)32-24-29-25-33-41(6,7)54-43(39(29)49,19-15-28(5)40(50)46(10)21-23-51-22-20-45-9)44(32,33)53-38(34)31(37(30)52-42)14-13-27(3)4/h12-13,15-16,18,24,29,33,45,47H,11,14,17,19-23,25H2,1-10H3/b28-15-. The van der Waals surface area contributed by atoms with Crippen molar-refractivity contribution >= 4 is 23.5 Å². The number of likely N-dealkylation sites (N-methyl/N-ethyl adjacent to an activating group) is 2. The van der Waals surface area contributed by atoms with Crippen molar-refractivity contribution in [1.29, 1.82) is 0 Å². The number of benzene rings is 1. The monoisotopic (exact) mass is 742 g/mol. The topological polar surface area (TPSA) is 124 Å². The van der Waals surface area contributed by atoms with E-state index in [0.717, 1.165) is 18.5 Å². The van der Waals surface area contributed by atoms with Gasteiger partial charge >= 0.3 is 0 Å². The molecule has 0 radical (unpaired) electrons. The van der Waals surface area contributed by atoms with Crippen LogP contribution in [0.4, 0.5) is 0 Å². The van der Waals surface area contributed by atoms with Crippen LogP contribution in [0.15, 0.2) is 52.7 Å². The number of rotatable bonds is 14. The fraction of sp³-hybridized carbons (Fsp3) is 0.568. The lowest BCUT2D eigenvalue weighted by molar-refractivity contribution is -0.171. The van der Waals surface area contributed by atoms with Crippen LogP contribution in [0, 0.1) is 11.8 Å². The molecule has 3 heterocycles. The Labute approximate surface area is 320 Å². The molecule has 1 aromatic rings. The first kappa shape index (κ1) is 39.7. The van der Waals surface area contributed by atoms with Crippen molar-refractivity contribution in [3.05, 3.63) is 69.4 Å². The van der Waals surface area contributed by atoms with Crippen LogP contribution >= 0.6 is 0 Å². The van der Waals surface area contributed by atoms with E-state index in [-0.39, 0.29) is 46.9 Å². The maximum atomic E-state index is 15.0. The predicted octanol–water partition coefficient (Wildman–Crippen LogP) is 6.85. The molecule has 5 atom stereocenters. The van der Waals surface area contributed by atoms with Gasteiger partial charge in [-0.3, -0.25) is 14.4 Å². The summed E-state index contributed by atoms with van der Waals surface area (Å²) in [6.07, 6.45) is 13.9. The van der Waals surface area contributed by atoms with E-state index in [1.165, 1.54) is 5.57 Å². The third-order valence-corrected chi connectivity index (χ3v) is 11.9. The highest BCUT2D eigenvalue weighted by molar-refractivity contribution is 6.19. The average Bonchev–Trinajstić information content (AvgIpc) is 3.26. The molecule has 1 aromatic carbocycles. The zero-order valence-electron chi connectivity index (χ0n) is 33.7. The number of Topliss-reactive ketones (excluding diaryl/α,β-unsaturated/α-hetero) is 2. The van der Waals surface area contributed by atoms with Crippen molar-refractivity contribution in [1.82, 2.24) is 10.2 Å². The Bertz CT molecular complexity index is 1890. The van der Waals surface area contributed by atoms with Gasteiger partial charge in [-0.1, -0.05) is 35.5 Å². The van der Waals surface area contributed by atoms with Gasteiger partial charge in [0.05, 0.1) is 24.4 Å². The van der Waals surface area contributed by atoms with E-state index in [4.69, 9.17) is 18.9 Å². The first-order chi connectivity index (χ1) is 25.4. The Morgan fingerprint density at radius 2 is 1.76 bits per heavy atom. The summed E-state index contributed by atoms with van der Waals surface area (Å²) in [6.45, 7) is 17.9. The SMILES string of the molecule is CNCCOCCN(C)C(=O)/C(C)=C\CC12OC(C)(C)C3CC(C=C4C(=O)c5c(O)c6c(c(CC=C(C)C)c5OC431)OC(C)(CCC=C(C)C)C=C6)C2=O. The zero-order chi connectivity index (χ0) is 39.4. The van der Waals surface area contributed by atoms with Gasteiger partial charge in [-0.2, -0.15) is 0 Å². The number of allylic oxidation sites excluding steroid dienone is 5. The number of aromatic hydroxyl groups is 1. The summed E-state index contributed by atoms with van der Waals surface area (Å²) in [7, 11) is 3.58. The van der Waals surface area contributed by atoms with Crippen molar-refractivity contribution in [2.24, 2.45) is 11.8 Å². The molecule has 6 aliphatic rings. The minimum Gasteiger partial charge on any atom is -0.506 e. The van der Waals surface area contributed by atoms with Crippen molar-refractivity contribution in [3.63, 3.8) is 0 Å². The number of fused-ring (bicyclic) bond motifs is 2. The maximum Gasteiger partial charge on any atom is 0.248 e. The van der Waals surface area contributed by atoms with E-state index in [1.54, 1.807) is 31.0 Å². The minimum atomic E-state index is -1.59. The van der Waals surface area contributed by atoms with Crippen molar-refractivity contribution in [3.8, 4) is 17.2 Å². The largest absolute Gasteiger partial charge is 0.506 e. The minimum absolute atomic E-state index is 0.0359. The summed E-state index contributed by atoms with van der Waals surface area (Å²) in [4.78, 5) is 44.8. The summed E-state index contributed by atoms with van der Waals surface area (Å²) in [6, 6.07) is 0. The number of phenolic OH excluding ortho intramolecular Hbond substituents is 1. The number of phenols is 1. The van der Waals surface area contributed by atoms with Crippen LogP contribution in [0.1, 0.15) is 103 Å². The first-order valence-electron chi connectivity index (χ1n) is 19.3. The van der Waals surface area contributed by atoms with Crippen LogP contribution in [0.3, 0.4) is 0 Å². The number of hydrogen-bond donors (Lipinski definition) is 2. The van der Waals surface area contributed by atoms with Crippen LogP contribution in [0.2, 0.25) is 0 Å². The second-order valence-electron chi connectivity index (χ2n) is 16.9. The van der Waals surface area contributed by atoms with Gasteiger partial charge in [-0.15, -0.1) is 0 Å². The molecule has 7 rings (SSSR count). The highest BCUT2D eigenvalue weighted by Crippen LogP contribution is 2.68. The number of nitrogens with zero attached hydrogens (tertiary/aromatic N) is 1. The third-order valence-electron chi connectivity index (χ3n) is 11.9. The number of carbonyl (C=O) groups is 3. The molecule has 0 aromatic heterocycles. The lowest BCUT2D eigenvalue weighted by Gasteiger charge is -2.56. The molecular weight excluding hydrogens is 684 g/mol. The number of ether oxygens (including phenoxy) is 4. The molecule has 2 N–H and O–H groups in total. The highest BCUT2D eigenvalue weighted by atomic mass is 16.6. The van der Waals surface area contributed by atoms with E-state index in [2.05, 4.69) is 31.3 Å². The van der Waals surface area contributed by atoms with Crippen molar-refractivity contribution in [2.45, 2.75) is 110 Å². The number of nitrogens with one attached hydrogen (secondary N) is 1. The van der Waals surface area contributed by atoms with Crippen LogP contribution in [-0.2, 0) is 25.5 Å². The molecule has 3 aliphatic heterocycles. The Kier molecular flexibility index (Phi) is 10.7. The lowest BCUT2D eigenvalue weighted by Crippen LogP contribution is -2.72. The summed E-state index contributed by atoms with van der Waals surface area (Å²) in [5.41, 5.74) is -0.351. The predicted molar refractivity (Wildman–Crippen MR) is 209 cm³/mol. The summed E-state index contributed by atoms with van der Waals surface area (Å²) in [5, 5.41) is 15.0. The van der Waals surface area contributed by atoms with E-state index in [0.29, 0.717) is 67.0 Å². The van der Waals surface area contributed by atoms with Gasteiger partial charge in [0.25, 0.3) is 0 Å². The van der Waals surface area contributed by atoms with Gasteiger partial charge in [0, 0.05) is 55.1 Å². The molecule has 4 bridgehead atoms. The molecule has 1 saturated heterocycles.